The maximum absolute atomic E-state index is 12.3. The Morgan fingerprint density at radius 3 is 2.36 bits per heavy atom. The quantitative estimate of drug-likeness (QED) is 0.913. The molecule has 0 aliphatic carbocycles. The van der Waals surface area contributed by atoms with Crippen molar-refractivity contribution in [2.45, 2.75) is 38.6 Å². The van der Waals surface area contributed by atoms with E-state index in [4.69, 9.17) is 0 Å². The van der Waals surface area contributed by atoms with Crippen molar-refractivity contribution in [2.75, 3.05) is 11.6 Å². The van der Waals surface area contributed by atoms with Crippen molar-refractivity contribution in [1.29, 1.82) is 0 Å². The average Bonchev–Trinajstić information content (AvgIpc) is 2.81. The zero-order valence-corrected chi connectivity index (χ0v) is 13.7. The van der Waals surface area contributed by atoms with Crippen LogP contribution in [0.25, 0.3) is 0 Å². The fourth-order valence-electron chi connectivity index (χ4n) is 2.49. The largest absolute Gasteiger partial charge is 0.324 e. The summed E-state index contributed by atoms with van der Waals surface area (Å²) in [5.74, 6) is -0.621. The summed E-state index contributed by atoms with van der Waals surface area (Å²) >= 11 is 0. The number of carbonyl (C=O) groups is 2. The number of hydrogen-bond donors (Lipinski definition) is 1. The minimum absolute atomic E-state index is 0.0669. The maximum Gasteiger partial charge on any atom is 0.248 e. The first-order valence-electron chi connectivity index (χ1n) is 7.13. The average molecular weight is 324 g/mol. The number of nitrogens with one attached hydrogen (secondary N) is 1. The second-order valence-corrected chi connectivity index (χ2v) is 7.63. The third-order valence-electron chi connectivity index (χ3n) is 3.67. The van der Waals surface area contributed by atoms with Crippen LogP contribution in [0, 0.1) is 0 Å². The van der Waals surface area contributed by atoms with Crippen LogP contribution in [0.5, 0.6) is 0 Å². The van der Waals surface area contributed by atoms with Gasteiger partial charge in [-0.15, -0.1) is 0 Å². The van der Waals surface area contributed by atoms with E-state index < -0.39 is 27.9 Å². The smallest absolute Gasteiger partial charge is 0.248 e. The maximum atomic E-state index is 12.3. The van der Waals surface area contributed by atoms with Crippen molar-refractivity contribution < 1.29 is 18.0 Å². The molecule has 1 heterocycles. The molecule has 0 spiro atoms. The van der Waals surface area contributed by atoms with Gasteiger partial charge in [0.2, 0.25) is 21.8 Å². The van der Waals surface area contributed by atoms with Crippen molar-refractivity contribution in [1.82, 2.24) is 4.31 Å². The molecule has 0 aromatic heterocycles. The Kier molecular flexibility index (Phi) is 4.55. The van der Waals surface area contributed by atoms with Crippen LogP contribution < -0.4 is 5.32 Å². The van der Waals surface area contributed by atoms with E-state index in [1.165, 1.54) is 0 Å². The number of benzene rings is 1. The molecule has 1 N–H and O–H groups in total. The molecule has 1 saturated heterocycles. The van der Waals surface area contributed by atoms with Gasteiger partial charge < -0.3 is 5.32 Å². The van der Waals surface area contributed by atoms with Gasteiger partial charge >= 0.3 is 0 Å². The standard InChI is InChI=1S/C15H20N2O4S/c1-10(2)11-4-6-12(7-5-11)16-15(19)13-8-9-14(18)17(13)22(3,20)21/h4-7,10,13H,8-9H2,1-3H3,(H,16,19). The van der Waals surface area contributed by atoms with E-state index in [0.717, 1.165) is 11.8 Å². The van der Waals surface area contributed by atoms with Gasteiger partial charge in [-0.05, 0) is 30.0 Å². The highest BCUT2D eigenvalue weighted by Gasteiger charge is 2.41. The van der Waals surface area contributed by atoms with Crippen LogP contribution in [0.4, 0.5) is 5.69 Å². The lowest BCUT2D eigenvalue weighted by atomic mass is 10.0. The van der Waals surface area contributed by atoms with Crippen LogP contribution in [0.15, 0.2) is 24.3 Å². The van der Waals surface area contributed by atoms with Gasteiger partial charge in [0.1, 0.15) is 6.04 Å². The molecular weight excluding hydrogens is 304 g/mol. The second-order valence-electron chi connectivity index (χ2n) is 5.77. The molecule has 1 atom stereocenters. The summed E-state index contributed by atoms with van der Waals surface area (Å²) in [6.07, 6.45) is 1.22. The topological polar surface area (TPSA) is 83.6 Å². The Morgan fingerprint density at radius 1 is 1.27 bits per heavy atom. The molecule has 2 rings (SSSR count). The van der Waals surface area contributed by atoms with E-state index in [1.807, 2.05) is 12.1 Å². The lowest BCUT2D eigenvalue weighted by molar-refractivity contribution is -0.128. The van der Waals surface area contributed by atoms with Crippen molar-refractivity contribution >= 4 is 27.5 Å². The summed E-state index contributed by atoms with van der Waals surface area (Å²) in [7, 11) is -3.73. The van der Waals surface area contributed by atoms with Crippen molar-refractivity contribution in [3.05, 3.63) is 29.8 Å². The van der Waals surface area contributed by atoms with Gasteiger partial charge in [0.25, 0.3) is 0 Å². The van der Waals surface area contributed by atoms with Crippen LogP contribution >= 0.6 is 0 Å². The fourth-order valence-corrected chi connectivity index (χ4v) is 3.62. The minimum Gasteiger partial charge on any atom is -0.324 e. The summed E-state index contributed by atoms with van der Waals surface area (Å²) < 4.78 is 24.0. The molecule has 6 nitrogen and oxygen atoms in total. The Labute approximate surface area is 130 Å². The normalized spacial score (nSPS) is 18.8. The van der Waals surface area contributed by atoms with Crippen molar-refractivity contribution in [3.8, 4) is 0 Å². The number of rotatable bonds is 4. The summed E-state index contributed by atoms with van der Waals surface area (Å²) in [6.45, 7) is 4.14. The molecule has 120 valence electrons. The molecule has 2 amide bonds. The summed E-state index contributed by atoms with van der Waals surface area (Å²) in [5.41, 5.74) is 1.73. The number of hydrogen-bond acceptors (Lipinski definition) is 4. The van der Waals surface area contributed by atoms with E-state index in [0.29, 0.717) is 15.9 Å². The van der Waals surface area contributed by atoms with E-state index in [9.17, 15) is 18.0 Å². The predicted molar refractivity (Wildman–Crippen MR) is 83.9 cm³/mol. The molecule has 0 saturated carbocycles. The van der Waals surface area contributed by atoms with E-state index in [-0.39, 0.29) is 12.8 Å². The fraction of sp³-hybridized carbons (Fsp3) is 0.467. The van der Waals surface area contributed by atoms with E-state index in [1.54, 1.807) is 12.1 Å². The third kappa shape index (κ3) is 3.47. The molecular formula is C15H20N2O4S. The molecule has 1 aromatic carbocycles. The van der Waals surface area contributed by atoms with Crippen LogP contribution in [0.1, 0.15) is 38.2 Å². The number of anilines is 1. The zero-order valence-electron chi connectivity index (χ0n) is 12.9. The molecule has 7 heteroatoms. The monoisotopic (exact) mass is 324 g/mol. The molecule has 1 aromatic rings. The van der Waals surface area contributed by atoms with Crippen molar-refractivity contribution in [2.24, 2.45) is 0 Å². The van der Waals surface area contributed by atoms with Gasteiger partial charge in [0.15, 0.2) is 0 Å². The Bertz CT molecular complexity index is 680. The molecule has 1 aliphatic heterocycles. The SMILES string of the molecule is CC(C)c1ccc(NC(=O)C2CCC(=O)N2S(C)(=O)=O)cc1. The van der Waals surface area contributed by atoms with E-state index >= 15 is 0 Å². The van der Waals surface area contributed by atoms with Gasteiger partial charge in [-0.25, -0.2) is 12.7 Å². The summed E-state index contributed by atoms with van der Waals surface area (Å²) in [6, 6.07) is 6.40. The van der Waals surface area contributed by atoms with Crippen LogP contribution in [0.3, 0.4) is 0 Å². The molecule has 22 heavy (non-hydrogen) atoms. The zero-order chi connectivity index (χ0) is 16.5. The number of carbonyl (C=O) groups excluding carboxylic acids is 2. The van der Waals surface area contributed by atoms with Crippen LogP contribution in [-0.4, -0.2) is 36.8 Å². The van der Waals surface area contributed by atoms with Gasteiger partial charge in [-0.3, -0.25) is 9.59 Å². The molecule has 1 fully saturated rings. The minimum atomic E-state index is -3.73. The van der Waals surface area contributed by atoms with Gasteiger partial charge in [0, 0.05) is 12.1 Å². The Balaban J connectivity index is 2.13. The first kappa shape index (κ1) is 16.5. The molecule has 0 bridgehead atoms. The highest BCUT2D eigenvalue weighted by atomic mass is 32.2. The third-order valence-corrected chi connectivity index (χ3v) is 4.84. The Morgan fingerprint density at radius 2 is 1.86 bits per heavy atom. The number of nitrogens with zero attached hydrogens (tertiary/aromatic N) is 1. The number of amides is 2. The summed E-state index contributed by atoms with van der Waals surface area (Å²) in [5, 5.41) is 2.68. The first-order chi connectivity index (χ1) is 10.2. The van der Waals surface area contributed by atoms with Crippen LogP contribution in [0.2, 0.25) is 0 Å². The Hall–Kier alpha value is -1.89. The number of sulfonamides is 1. The van der Waals surface area contributed by atoms with Crippen molar-refractivity contribution in [3.63, 3.8) is 0 Å². The van der Waals surface area contributed by atoms with Gasteiger partial charge in [-0.1, -0.05) is 26.0 Å². The second kappa shape index (κ2) is 6.08. The van der Waals surface area contributed by atoms with Crippen LogP contribution in [-0.2, 0) is 19.6 Å². The lowest BCUT2D eigenvalue weighted by Gasteiger charge is -2.21. The predicted octanol–water partition coefficient (Wildman–Crippen LogP) is 1.70. The lowest BCUT2D eigenvalue weighted by Crippen LogP contribution is -2.44. The summed E-state index contributed by atoms with van der Waals surface area (Å²) in [4.78, 5) is 23.9. The van der Waals surface area contributed by atoms with Gasteiger partial charge in [0.05, 0.1) is 6.26 Å². The highest BCUT2D eigenvalue weighted by molar-refractivity contribution is 7.89. The molecule has 1 unspecified atom stereocenters. The first-order valence-corrected chi connectivity index (χ1v) is 8.98. The molecule has 0 radical (unpaired) electrons. The molecule has 1 aliphatic rings. The van der Waals surface area contributed by atoms with E-state index in [2.05, 4.69) is 19.2 Å². The van der Waals surface area contributed by atoms with Gasteiger partial charge in [-0.2, -0.15) is 0 Å². The highest BCUT2D eigenvalue weighted by Crippen LogP contribution is 2.24.